The van der Waals surface area contributed by atoms with Crippen LogP contribution in [0, 0.1) is 0 Å². The van der Waals surface area contributed by atoms with E-state index in [-0.39, 0.29) is 0 Å². The normalized spacial score (nSPS) is 17.3. The van der Waals surface area contributed by atoms with Crippen LogP contribution in [0.25, 0.3) is 33.3 Å². The van der Waals surface area contributed by atoms with Crippen molar-refractivity contribution in [2.75, 3.05) is 11.4 Å². The van der Waals surface area contributed by atoms with E-state index in [2.05, 4.69) is 11.8 Å². The van der Waals surface area contributed by atoms with Gasteiger partial charge in [0.25, 0.3) is 0 Å². The molecule has 1 aliphatic rings. The summed E-state index contributed by atoms with van der Waals surface area (Å²) in [6.07, 6.45) is 2.44. The third kappa shape index (κ3) is 2.73. The van der Waals surface area contributed by atoms with E-state index >= 15 is 0 Å². The summed E-state index contributed by atoms with van der Waals surface area (Å²) in [7, 11) is 0. The van der Waals surface area contributed by atoms with Gasteiger partial charge in [-0.3, -0.25) is 0 Å². The molecule has 0 bridgehead atoms. The molecule has 28 heavy (non-hydrogen) atoms. The molecule has 0 amide bonds. The molecule has 1 aliphatic heterocycles. The van der Waals surface area contributed by atoms with Crippen molar-refractivity contribution in [3.8, 4) is 11.3 Å². The van der Waals surface area contributed by atoms with Crippen LogP contribution in [0.5, 0.6) is 0 Å². The van der Waals surface area contributed by atoms with Crippen LogP contribution in [0.2, 0.25) is 0 Å². The van der Waals surface area contributed by atoms with Gasteiger partial charge in [0.05, 0.1) is 16.6 Å². The molecule has 2 aromatic heterocycles. The maximum Gasteiger partial charge on any atom is 0.178 e. The molecule has 0 saturated carbocycles. The van der Waals surface area contributed by atoms with E-state index < -0.39 is 6.29 Å². The Labute approximate surface area is 162 Å². The van der Waals surface area contributed by atoms with Crippen LogP contribution in [0.4, 0.5) is 5.82 Å². The lowest BCUT2D eigenvalue weighted by molar-refractivity contribution is -0.0424. The monoisotopic (exact) mass is 375 g/mol. The Bertz CT molecular complexity index is 1170. The zero-order chi connectivity index (χ0) is 19.3. The van der Waals surface area contributed by atoms with Gasteiger partial charge in [-0.1, -0.05) is 24.3 Å². The molecule has 0 spiro atoms. The molecule has 0 aliphatic carbocycles. The summed E-state index contributed by atoms with van der Waals surface area (Å²) in [6.45, 7) is 3.12. The van der Waals surface area contributed by atoms with E-state index in [1.54, 1.807) is 24.5 Å². The Morgan fingerprint density at radius 2 is 1.96 bits per heavy atom. The number of hydrogen-bond donors (Lipinski definition) is 2. The van der Waals surface area contributed by atoms with E-state index in [0.29, 0.717) is 22.6 Å². The molecular weight excluding hydrogens is 354 g/mol. The van der Waals surface area contributed by atoms with Crippen LogP contribution in [0.15, 0.2) is 53.1 Å². The summed E-state index contributed by atoms with van der Waals surface area (Å²) in [6, 6.07) is 13.4. The van der Waals surface area contributed by atoms with Crippen molar-refractivity contribution in [1.29, 1.82) is 0 Å². The summed E-state index contributed by atoms with van der Waals surface area (Å²) in [5.74, 6) is 0.814. The maximum atomic E-state index is 9.51. The van der Waals surface area contributed by atoms with E-state index in [9.17, 15) is 10.2 Å². The van der Waals surface area contributed by atoms with Crippen LogP contribution in [0.1, 0.15) is 31.6 Å². The molecule has 2 aromatic carbocycles. The van der Waals surface area contributed by atoms with Crippen molar-refractivity contribution in [2.45, 2.75) is 32.1 Å². The highest BCUT2D eigenvalue weighted by Gasteiger charge is 2.27. The lowest BCUT2D eigenvalue weighted by Crippen LogP contribution is -2.28. The molecular formula is C22H21N3O3. The molecule has 0 unspecified atom stereocenters. The van der Waals surface area contributed by atoms with E-state index in [0.717, 1.165) is 47.4 Å². The standard InChI is InChI=1S/C22H21N3O3/c1-13-5-4-10-25(13)21-20(16-12-28-19-7-3-2-6-15(16)19)23-17-9-8-14(22(26)27)11-18(17)24-21/h2-3,6-9,11-13,22,26-27H,4-5,10H2,1H3/t13-/m0/s1. The smallest absolute Gasteiger partial charge is 0.178 e. The van der Waals surface area contributed by atoms with Crippen LogP contribution in [0.3, 0.4) is 0 Å². The molecule has 6 heteroatoms. The number of aliphatic hydroxyl groups excluding tert-OH is 1. The molecule has 5 rings (SSSR count). The molecule has 1 saturated heterocycles. The number of hydrogen-bond acceptors (Lipinski definition) is 6. The van der Waals surface area contributed by atoms with Crippen LogP contribution in [-0.4, -0.2) is 32.8 Å². The minimum Gasteiger partial charge on any atom is -0.464 e. The highest BCUT2D eigenvalue weighted by molar-refractivity contribution is 5.97. The van der Waals surface area contributed by atoms with Crippen LogP contribution < -0.4 is 4.90 Å². The Hall–Kier alpha value is -2.96. The van der Waals surface area contributed by atoms with Gasteiger partial charge in [0, 0.05) is 23.5 Å². The predicted molar refractivity (Wildman–Crippen MR) is 108 cm³/mol. The van der Waals surface area contributed by atoms with E-state index in [4.69, 9.17) is 14.4 Å². The molecule has 3 heterocycles. The maximum absolute atomic E-state index is 9.51. The quantitative estimate of drug-likeness (QED) is 0.527. The van der Waals surface area contributed by atoms with Gasteiger partial charge in [-0.05, 0) is 38.0 Å². The highest BCUT2D eigenvalue weighted by atomic mass is 16.5. The second kappa shape index (κ2) is 6.58. The first-order chi connectivity index (χ1) is 13.6. The number of rotatable bonds is 3. The van der Waals surface area contributed by atoms with Gasteiger partial charge in [-0.15, -0.1) is 0 Å². The van der Waals surface area contributed by atoms with Gasteiger partial charge in [-0.2, -0.15) is 0 Å². The number of benzene rings is 2. The highest BCUT2D eigenvalue weighted by Crippen LogP contribution is 2.38. The number of anilines is 1. The van der Waals surface area contributed by atoms with Crippen molar-refractivity contribution in [1.82, 2.24) is 9.97 Å². The fourth-order valence-corrected chi connectivity index (χ4v) is 4.01. The summed E-state index contributed by atoms with van der Waals surface area (Å²) in [4.78, 5) is 12.1. The summed E-state index contributed by atoms with van der Waals surface area (Å²) in [5.41, 5.74) is 4.30. The number of aromatic nitrogens is 2. The topological polar surface area (TPSA) is 82.6 Å². The van der Waals surface area contributed by atoms with Gasteiger partial charge in [-0.25, -0.2) is 9.97 Å². The number of nitrogens with zero attached hydrogens (tertiary/aromatic N) is 3. The fourth-order valence-electron chi connectivity index (χ4n) is 4.01. The van der Waals surface area contributed by atoms with Gasteiger partial charge < -0.3 is 19.5 Å². The lowest BCUT2D eigenvalue weighted by Gasteiger charge is -2.25. The Kier molecular flexibility index (Phi) is 4.03. The lowest BCUT2D eigenvalue weighted by atomic mass is 10.1. The van der Waals surface area contributed by atoms with Gasteiger partial charge in [0.15, 0.2) is 12.1 Å². The van der Waals surface area contributed by atoms with Crippen molar-refractivity contribution in [3.05, 3.63) is 54.3 Å². The Balaban J connectivity index is 1.77. The number of aliphatic hydroxyl groups is 2. The minimum atomic E-state index is -1.53. The van der Waals surface area contributed by atoms with Gasteiger partial charge in [0.1, 0.15) is 17.5 Å². The Morgan fingerprint density at radius 3 is 2.75 bits per heavy atom. The first kappa shape index (κ1) is 17.2. The Morgan fingerprint density at radius 1 is 1.11 bits per heavy atom. The number of fused-ring (bicyclic) bond motifs is 2. The molecule has 1 fully saturated rings. The van der Waals surface area contributed by atoms with Crippen molar-refractivity contribution in [3.63, 3.8) is 0 Å². The second-order valence-corrected chi connectivity index (χ2v) is 7.35. The summed E-state index contributed by atoms with van der Waals surface area (Å²) >= 11 is 0. The zero-order valence-electron chi connectivity index (χ0n) is 15.5. The van der Waals surface area contributed by atoms with Crippen LogP contribution in [-0.2, 0) is 0 Å². The first-order valence-electron chi connectivity index (χ1n) is 9.53. The molecule has 2 N–H and O–H groups in total. The minimum absolute atomic E-state index is 0.371. The molecule has 1 atom stereocenters. The number of furan rings is 1. The SMILES string of the molecule is C[C@H]1CCCN1c1nc2cc(C(O)O)ccc2nc1-c1coc2ccccc12. The van der Waals surface area contributed by atoms with Gasteiger partial charge >= 0.3 is 0 Å². The average Bonchev–Trinajstić information content (AvgIpc) is 3.32. The molecule has 6 nitrogen and oxygen atoms in total. The van der Waals surface area contributed by atoms with E-state index in [1.165, 1.54) is 0 Å². The molecule has 0 radical (unpaired) electrons. The predicted octanol–water partition coefficient (Wildman–Crippen LogP) is 4.01. The second-order valence-electron chi connectivity index (χ2n) is 7.35. The largest absolute Gasteiger partial charge is 0.464 e. The molecule has 142 valence electrons. The zero-order valence-corrected chi connectivity index (χ0v) is 15.5. The first-order valence-corrected chi connectivity index (χ1v) is 9.53. The van der Waals surface area contributed by atoms with Crippen molar-refractivity contribution in [2.24, 2.45) is 0 Å². The molecule has 4 aromatic rings. The number of para-hydroxylation sites is 1. The van der Waals surface area contributed by atoms with Crippen molar-refractivity contribution >= 4 is 27.8 Å². The summed E-state index contributed by atoms with van der Waals surface area (Å²) in [5, 5.41) is 20.0. The summed E-state index contributed by atoms with van der Waals surface area (Å²) < 4.78 is 5.76. The third-order valence-corrected chi connectivity index (χ3v) is 5.53. The van der Waals surface area contributed by atoms with Gasteiger partial charge in [0.2, 0.25) is 0 Å². The third-order valence-electron chi connectivity index (χ3n) is 5.53. The van der Waals surface area contributed by atoms with Crippen LogP contribution >= 0.6 is 0 Å². The fraction of sp³-hybridized carbons (Fsp3) is 0.273. The average molecular weight is 375 g/mol. The van der Waals surface area contributed by atoms with E-state index in [1.807, 2.05) is 24.3 Å². The van der Waals surface area contributed by atoms with Crippen molar-refractivity contribution < 1.29 is 14.6 Å².